The van der Waals surface area contributed by atoms with E-state index in [0.717, 1.165) is 0 Å². The number of rotatable bonds is 8. The number of carbonyl (C=O) groups excluding carboxylic acids is 4. The Morgan fingerprint density at radius 1 is 1.03 bits per heavy atom. The van der Waals surface area contributed by atoms with Crippen molar-refractivity contribution in [1.29, 1.82) is 0 Å². The Labute approximate surface area is 346 Å². The van der Waals surface area contributed by atoms with Gasteiger partial charge in [0.05, 0.1) is 40.8 Å². The summed E-state index contributed by atoms with van der Waals surface area (Å²) < 4.78 is 106. The van der Waals surface area contributed by atoms with Gasteiger partial charge in [0.25, 0.3) is 11.8 Å². The number of sulfonamides is 1. The van der Waals surface area contributed by atoms with Crippen LogP contribution in [0.25, 0.3) is 11.0 Å². The number of alkyl halides is 4. The molecule has 3 N–H and O–H groups in total. The molecular weight excluding hydrogens is 815 g/mol. The molecular formula is C41H53F4N5O9S. The minimum absolute atomic E-state index is 0.0542. The van der Waals surface area contributed by atoms with E-state index in [1.165, 1.54) is 26.2 Å². The van der Waals surface area contributed by atoms with Gasteiger partial charge in [0.15, 0.2) is 11.5 Å². The second-order valence-electron chi connectivity index (χ2n) is 18.6. The van der Waals surface area contributed by atoms with Crippen molar-refractivity contribution in [3.05, 3.63) is 23.9 Å². The molecule has 0 radical (unpaired) electrons. The molecule has 2 aromatic rings. The molecule has 3 amide bonds. The summed E-state index contributed by atoms with van der Waals surface area (Å²) in [7, 11) is -2.88. The van der Waals surface area contributed by atoms with Gasteiger partial charge in [-0.1, -0.05) is 34.1 Å². The number of hydrogen-bond donors (Lipinski definition) is 3. The first-order valence-corrected chi connectivity index (χ1v) is 22.1. The molecule has 2 bridgehead atoms. The molecule has 2 unspecified atom stereocenters. The van der Waals surface area contributed by atoms with Gasteiger partial charge in [-0.15, -0.1) is 0 Å². The maximum Gasteiger partial charge on any atom is 0.408 e. The average Bonchev–Trinajstić information content (AvgIpc) is 4.12. The van der Waals surface area contributed by atoms with E-state index in [1.807, 2.05) is 4.72 Å². The summed E-state index contributed by atoms with van der Waals surface area (Å²) in [4.78, 5) is 65.4. The first-order chi connectivity index (χ1) is 28.0. The smallest absolute Gasteiger partial charge is 0.408 e. The first-order valence-electron chi connectivity index (χ1n) is 20.6. The second-order valence-corrected chi connectivity index (χ2v) is 20.8. The first kappa shape index (κ1) is 43.8. The van der Waals surface area contributed by atoms with E-state index in [4.69, 9.17) is 14.2 Å². The van der Waals surface area contributed by atoms with Crippen molar-refractivity contribution in [3.8, 4) is 11.6 Å². The van der Waals surface area contributed by atoms with Crippen LogP contribution in [0.1, 0.15) is 105 Å². The Hall–Kier alpha value is -4.29. The summed E-state index contributed by atoms with van der Waals surface area (Å²) in [5, 5.41) is 5.15. The minimum Gasteiger partial charge on any atom is -0.497 e. The lowest BCUT2D eigenvalue weighted by molar-refractivity contribution is -0.138. The van der Waals surface area contributed by atoms with E-state index in [0.29, 0.717) is 25.0 Å². The lowest BCUT2D eigenvalue weighted by Gasteiger charge is -2.34. The molecule has 330 valence electrons. The van der Waals surface area contributed by atoms with Crippen LogP contribution in [-0.2, 0) is 35.1 Å². The monoisotopic (exact) mass is 867 g/mol. The Morgan fingerprint density at radius 3 is 2.37 bits per heavy atom. The number of ether oxygens (including phenoxy) is 3. The number of ketones is 1. The molecule has 5 aliphatic rings. The van der Waals surface area contributed by atoms with Gasteiger partial charge in [-0.2, -0.15) is 8.78 Å². The zero-order chi connectivity index (χ0) is 43.7. The maximum absolute atomic E-state index is 16.4. The highest BCUT2D eigenvalue weighted by Gasteiger charge is 2.68. The summed E-state index contributed by atoms with van der Waals surface area (Å²) in [6.45, 7) is 8.17. The number of methoxy groups -OCH3 is 1. The quantitative estimate of drug-likeness (QED) is 0.266. The zero-order valence-electron chi connectivity index (χ0n) is 34.5. The van der Waals surface area contributed by atoms with Gasteiger partial charge < -0.3 is 24.8 Å². The molecule has 0 saturated heterocycles. The standard InChI is InChI=1S/C41H53F4N5O9S/c1-7-22-28-18-23(29(22)34(52)49-40(19-24(40)33(42)43)36(53)50-60(55,56)39(5)14-15-39)30(51)31(38(2,3)4)48-37(54)59-27-16-20(27)10-8-9-13-41(44,45)32-35(58-28)47-26-17-21(57-6)11-12-25(26)46-32/h11-12,17,20,22-24,27-29,31,33H,7-10,13-16,18-19H2,1-6H3,(H,48,54)(H,49,52)(H,50,53)/t20?,22-,23?,24+,27-,28+,29-,31-,40-/m1/s1. The van der Waals surface area contributed by atoms with E-state index in [-0.39, 0.29) is 49.1 Å². The van der Waals surface area contributed by atoms with E-state index >= 15 is 8.78 Å². The van der Waals surface area contributed by atoms with Gasteiger partial charge in [0.1, 0.15) is 23.5 Å². The normalized spacial score (nSPS) is 32.5. The van der Waals surface area contributed by atoms with Crippen molar-refractivity contribution in [1.82, 2.24) is 25.3 Å². The largest absolute Gasteiger partial charge is 0.497 e. The van der Waals surface area contributed by atoms with Crippen LogP contribution in [0.15, 0.2) is 18.2 Å². The number of carbonyl (C=O) groups is 4. The lowest BCUT2D eigenvalue weighted by atomic mass is 9.76. The number of amides is 3. The molecule has 14 nitrogen and oxygen atoms in total. The highest BCUT2D eigenvalue weighted by molar-refractivity contribution is 7.91. The molecule has 4 aliphatic carbocycles. The summed E-state index contributed by atoms with van der Waals surface area (Å²) in [6, 6.07) is 3.28. The van der Waals surface area contributed by atoms with Crippen LogP contribution in [0, 0.1) is 35.0 Å². The molecule has 19 heteroatoms. The number of aromatic nitrogens is 2. The SMILES string of the molecule is CC[C@@H]1[C@@H]2CC(C(=O)[C@H](C(C)(C)C)NC(=O)O[C@@H]3CC3CCCCC(F)(F)c3nc4ccc(OC)cc4nc3O2)[C@@H]1C(=O)N[C@]1(C(=O)NS(=O)(=O)C2(C)CC2)C[C@H]1C(F)F. The molecule has 4 fully saturated rings. The number of hydrogen-bond acceptors (Lipinski definition) is 11. The molecule has 0 spiro atoms. The third kappa shape index (κ3) is 8.35. The second kappa shape index (κ2) is 15.6. The predicted molar refractivity (Wildman–Crippen MR) is 208 cm³/mol. The van der Waals surface area contributed by atoms with Gasteiger partial charge in [-0.25, -0.2) is 32.0 Å². The van der Waals surface area contributed by atoms with Crippen LogP contribution in [0.5, 0.6) is 11.6 Å². The van der Waals surface area contributed by atoms with E-state index in [9.17, 15) is 36.4 Å². The summed E-state index contributed by atoms with van der Waals surface area (Å²) >= 11 is 0. The fraction of sp³-hybridized carbons (Fsp3) is 0.707. The number of benzene rings is 1. The lowest BCUT2D eigenvalue weighted by Crippen LogP contribution is -2.57. The van der Waals surface area contributed by atoms with Crippen molar-refractivity contribution >= 4 is 44.7 Å². The maximum atomic E-state index is 16.4. The van der Waals surface area contributed by atoms with Crippen molar-refractivity contribution in [2.45, 2.75) is 140 Å². The van der Waals surface area contributed by atoms with Crippen LogP contribution >= 0.6 is 0 Å². The number of nitrogens with one attached hydrogen (secondary N) is 3. The number of fused-ring (bicyclic) bond motifs is 5. The van der Waals surface area contributed by atoms with Crippen molar-refractivity contribution in [2.75, 3.05) is 7.11 Å². The molecule has 60 heavy (non-hydrogen) atoms. The van der Waals surface area contributed by atoms with Crippen LogP contribution in [0.2, 0.25) is 0 Å². The molecule has 2 heterocycles. The van der Waals surface area contributed by atoms with Gasteiger partial charge >= 0.3 is 6.09 Å². The van der Waals surface area contributed by atoms with Crippen molar-refractivity contribution in [2.24, 2.45) is 35.0 Å². The van der Waals surface area contributed by atoms with Crippen LogP contribution < -0.4 is 24.8 Å². The van der Waals surface area contributed by atoms with Gasteiger partial charge in [0.2, 0.25) is 28.2 Å². The highest BCUT2D eigenvalue weighted by atomic mass is 32.2. The number of halogens is 4. The van der Waals surface area contributed by atoms with E-state index < -0.39 is 128 Å². The van der Waals surface area contributed by atoms with Crippen molar-refractivity contribution in [3.63, 3.8) is 0 Å². The number of nitrogens with zero attached hydrogens (tertiary/aromatic N) is 2. The summed E-state index contributed by atoms with van der Waals surface area (Å²) in [5.74, 6) is -12.2. The zero-order valence-corrected chi connectivity index (χ0v) is 35.3. The number of alkyl carbamates (subject to hydrolysis) is 1. The Kier molecular flexibility index (Phi) is 11.4. The molecule has 4 saturated carbocycles. The molecule has 1 aliphatic heterocycles. The van der Waals surface area contributed by atoms with Gasteiger partial charge in [-0.3, -0.25) is 19.1 Å². The van der Waals surface area contributed by atoms with Gasteiger partial charge in [-0.05, 0) is 81.8 Å². The van der Waals surface area contributed by atoms with E-state index in [1.54, 1.807) is 33.8 Å². The molecule has 1 aromatic heterocycles. The topological polar surface area (TPSA) is 192 Å². The summed E-state index contributed by atoms with van der Waals surface area (Å²) in [5.41, 5.74) is -3.72. The highest BCUT2D eigenvalue weighted by Crippen LogP contribution is 2.52. The molecule has 7 rings (SSSR count). The van der Waals surface area contributed by atoms with E-state index in [2.05, 4.69) is 20.6 Å². The van der Waals surface area contributed by atoms with Crippen LogP contribution in [-0.4, -0.2) is 84.1 Å². The fourth-order valence-electron chi connectivity index (χ4n) is 8.93. The Bertz CT molecular complexity index is 2170. The number of Topliss-reactive ketones (excluding diaryl/α,β-unsaturated/α-hetero) is 1. The molecule has 1 aromatic carbocycles. The Morgan fingerprint density at radius 2 is 1.75 bits per heavy atom. The molecule has 9 atom stereocenters. The summed E-state index contributed by atoms with van der Waals surface area (Å²) in [6.07, 6.45) is -4.93. The third-order valence-corrected chi connectivity index (χ3v) is 15.4. The Balaban J connectivity index is 1.30. The average molecular weight is 868 g/mol. The minimum atomic E-state index is -4.30. The van der Waals surface area contributed by atoms with Crippen LogP contribution in [0.4, 0.5) is 22.4 Å². The van der Waals surface area contributed by atoms with Gasteiger partial charge in [0, 0.05) is 24.3 Å². The van der Waals surface area contributed by atoms with Crippen molar-refractivity contribution < 1.29 is 59.4 Å². The fourth-order valence-corrected chi connectivity index (χ4v) is 10.2. The van der Waals surface area contributed by atoms with Crippen LogP contribution in [0.3, 0.4) is 0 Å². The third-order valence-electron chi connectivity index (χ3n) is 13.2. The predicted octanol–water partition coefficient (Wildman–Crippen LogP) is 5.95.